The summed E-state index contributed by atoms with van der Waals surface area (Å²) in [5.74, 6) is 0.0531. The molecular weight excluding hydrogens is 374 g/mol. The van der Waals surface area contributed by atoms with Gasteiger partial charge < -0.3 is 20.7 Å². The second kappa shape index (κ2) is 8.44. The predicted molar refractivity (Wildman–Crippen MR) is 119 cm³/mol. The van der Waals surface area contributed by atoms with Gasteiger partial charge in [0.15, 0.2) is 0 Å². The second-order valence-electron chi connectivity index (χ2n) is 8.34. The summed E-state index contributed by atoms with van der Waals surface area (Å²) in [6.45, 7) is 2.70. The van der Waals surface area contributed by atoms with E-state index in [1.54, 1.807) is 12.3 Å². The van der Waals surface area contributed by atoms with E-state index in [0.717, 1.165) is 53.5 Å². The number of aliphatic hydroxyl groups excluding tert-OH is 1. The van der Waals surface area contributed by atoms with Gasteiger partial charge in [-0.15, -0.1) is 0 Å². The van der Waals surface area contributed by atoms with E-state index in [9.17, 15) is 9.90 Å². The van der Waals surface area contributed by atoms with Gasteiger partial charge in [-0.2, -0.15) is 0 Å². The molecule has 2 aromatic carbocycles. The van der Waals surface area contributed by atoms with Crippen molar-refractivity contribution in [2.24, 2.45) is 0 Å². The van der Waals surface area contributed by atoms with Crippen LogP contribution in [-0.2, 0) is 13.0 Å². The first-order valence-corrected chi connectivity index (χ1v) is 10.6. The third-order valence-corrected chi connectivity index (χ3v) is 6.31. The van der Waals surface area contributed by atoms with Gasteiger partial charge in [-0.1, -0.05) is 30.3 Å². The predicted octanol–water partition coefficient (Wildman–Crippen LogP) is 3.56. The third kappa shape index (κ3) is 3.90. The maximum atomic E-state index is 13.0. The van der Waals surface area contributed by atoms with Crippen molar-refractivity contribution in [1.82, 2.24) is 10.2 Å². The smallest absolute Gasteiger partial charge is 0.254 e. The molecule has 0 unspecified atom stereocenters. The molecule has 1 aliphatic carbocycles. The number of nitrogens with zero attached hydrogens (tertiary/aromatic N) is 1. The molecule has 0 saturated heterocycles. The van der Waals surface area contributed by atoms with Gasteiger partial charge in [0.2, 0.25) is 0 Å². The molecule has 0 radical (unpaired) electrons. The van der Waals surface area contributed by atoms with Crippen LogP contribution >= 0.6 is 0 Å². The molecule has 3 N–H and O–H groups in total. The zero-order chi connectivity index (χ0) is 21.3. The van der Waals surface area contributed by atoms with E-state index in [4.69, 9.17) is 5.41 Å². The van der Waals surface area contributed by atoms with E-state index in [-0.39, 0.29) is 11.9 Å². The minimum Gasteiger partial charge on any atom is -0.394 e. The maximum Gasteiger partial charge on any atom is 0.254 e. The lowest BCUT2D eigenvalue weighted by Gasteiger charge is -2.26. The number of hydrogen-bond donors (Lipinski definition) is 3. The Bertz CT molecular complexity index is 994. The van der Waals surface area contributed by atoms with Gasteiger partial charge in [-0.3, -0.25) is 4.79 Å². The number of hydrogen-bond acceptors (Lipinski definition) is 4. The molecule has 4 rings (SSSR count). The first kappa shape index (κ1) is 20.4. The highest BCUT2D eigenvalue weighted by molar-refractivity contribution is 6.06. The molecule has 2 aliphatic rings. The monoisotopic (exact) mass is 403 g/mol. The Hall–Kier alpha value is -2.92. The van der Waals surface area contributed by atoms with Crippen LogP contribution in [0.1, 0.15) is 57.4 Å². The molecule has 156 valence electrons. The Morgan fingerprint density at radius 1 is 1.27 bits per heavy atom. The maximum absolute atomic E-state index is 13.0. The van der Waals surface area contributed by atoms with Gasteiger partial charge in [0.05, 0.1) is 17.9 Å². The zero-order valence-electron chi connectivity index (χ0n) is 17.6. The van der Waals surface area contributed by atoms with Crippen LogP contribution < -0.4 is 5.32 Å². The van der Waals surface area contributed by atoms with E-state index in [1.807, 2.05) is 42.3 Å². The normalized spacial score (nSPS) is 20.8. The van der Waals surface area contributed by atoms with E-state index in [0.29, 0.717) is 12.3 Å². The van der Waals surface area contributed by atoms with Crippen LogP contribution in [0.4, 0.5) is 0 Å². The molecule has 0 bridgehead atoms. The molecule has 5 nitrogen and oxygen atoms in total. The number of carbonyl (C=O) groups excluding carboxylic acids is 1. The molecule has 1 amide bonds. The molecule has 2 aromatic rings. The number of carbonyl (C=O) groups is 1. The largest absolute Gasteiger partial charge is 0.394 e. The standard InChI is InChI=1S/C25H29N3O2/c1-16-12-20-15-28(23-4-3-5-24(23)29)25(30)21(20)14-19(16)13-17-6-8-18(9-7-17)22(26)10-11-27-2/h6-12,14,23-24,26-27,29H,3-5,13,15H2,1-2H3/b11-10-,26-22?/t23-,24-/m0/s1. The lowest BCUT2D eigenvalue weighted by Crippen LogP contribution is -2.40. The lowest BCUT2D eigenvalue weighted by molar-refractivity contribution is 0.0479. The molecule has 5 heteroatoms. The summed E-state index contributed by atoms with van der Waals surface area (Å²) in [6.07, 6.45) is 6.48. The number of aliphatic hydroxyl groups is 1. The minimum atomic E-state index is -0.399. The van der Waals surface area contributed by atoms with Crippen molar-refractivity contribution >= 4 is 11.6 Å². The van der Waals surface area contributed by atoms with Gasteiger partial charge >= 0.3 is 0 Å². The van der Waals surface area contributed by atoms with Gasteiger partial charge in [0.25, 0.3) is 5.91 Å². The minimum absolute atomic E-state index is 0.0477. The van der Waals surface area contributed by atoms with Crippen LogP contribution in [0.2, 0.25) is 0 Å². The summed E-state index contributed by atoms with van der Waals surface area (Å²) in [4.78, 5) is 14.9. The van der Waals surface area contributed by atoms with Crippen molar-refractivity contribution in [1.29, 1.82) is 5.41 Å². The molecule has 1 fully saturated rings. The van der Waals surface area contributed by atoms with Crippen LogP contribution in [0.15, 0.2) is 48.7 Å². The summed E-state index contributed by atoms with van der Waals surface area (Å²) >= 11 is 0. The fourth-order valence-corrected chi connectivity index (χ4v) is 4.58. The first-order chi connectivity index (χ1) is 14.5. The first-order valence-electron chi connectivity index (χ1n) is 10.6. The van der Waals surface area contributed by atoms with E-state index < -0.39 is 6.10 Å². The number of amides is 1. The number of nitrogens with one attached hydrogen (secondary N) is 2. The van der Waals surface area contributed by atoms with Crippen LogP contribution in [0.25, 0.3) is 0 Å². The number of benzene rings is 2. The Morgan fingerprint density at radius 2 is 2.03 bits per heavy atom. The Labute approximate surface area is 177 Å². The summed E-state index contributed by atoms with van der Waals surface area (Å²) < 4.78 is 0. The van der Waals surface area contributed by atoms with Crippen molar-refractivity contribution in [2.75, 3.05) is 7.05 Å². The average Bonchev–Trinajstić information content (AvgIpc) is 3.30. The quantitative estimate of drug-likeness (QED) is 0.646. The average molecular weight is 404 g/mol. The second-order valence-corrected chi connectivity index (χ2v) is 8.34. The SMILES string of the molecule is CN/C=C\C(=N)c1ccc(Cc2cc3c(cc2C)CN([C@H]2CCC[C@@H]2O)C3=O)cc1. The van der Waals surface area contributed by atoms with Gasteiger partial charge in [0, 0.05) is 19.2 Å². The van der Waals surface area contributed by atoms with Gasteiger partial charge in [0.1, 0.15) is 0 Å². The highest BCUT2D eigenvalue weighted by Crippen LogP contribution is 2.33. The van der Waals surface area contributed by atoms with Gasteiger partial charge in [-0.25, -0.2) is 0 Å². The molecule has 0 aromatic heterocycles. The number of fused-ring (bicyclic) bond motifs is 1. The van der Waals surface area contributed by atoms with Crippen molar-refractivity contribution in [3.8, 4) is 0 Å². The number of allylic oxidation sites excluding steroid dienone is 1. The van der Waals surface area contributed by atoms with Crippen LogP contribution in [0.5, 0.6) is 0 Å². The van der Waals surface area contributed by atoms with Crippen LogP contribution in [-0.4, -0.2) is 40.8 Å². The van der Waals surface area contributed by atoms with E-state index in [1.165, 1.54) is 5.56 Å². The van der Waals surface area contributed by atoms with E-state index >= 15 is 0 Å². The molecular formula is C25H29N3O2. The highest BCUT2D eigenvalue weighted by Gasteiger charge is 2.38. The molecule has 30 heavy (non-hydrogen) atoms. The lowest BCUT2D eigenvalue weighted by atomic mass is 9.95. The summed E-state index contributed by atoms with van der Waals surface area (Å²) in [7, 11) is 1.81. The number of rotatable bonds is 6. The van der Waals surface area contributed by atoms with E-state index in [2.05, 4.69) is 18.3 Å². The fraction of sp³-hybridized carbons (Fsp3) is 0.360. The van der Waals surface area contributed by atoms with Crippen molar-refractivity contribution in [3.63, 3.8) is 0 Å². The Morgan fingerprint density at radius 3 is 2.70 bits per heavy atom. The molecule has 1 saturated carbocycles. The van der Waals surface area contributed by atoms with Crippen LogP contribution in [0.3, 0.4) is 0 Å². The van der Waals surface area contributed by atoms with Crippen LogP contribution in [0, 0.1) is 12.3 Å². The Kier molecular flexibility index (Phi) is 5.73. The molecule has 0 spiro atoms. The third-order valence-electron chi connectivity index (χ3n) is 6.31. The summed E-state index contributed by atoms with van der Waals surface area (Å²) in [5.41, 5.74) is 6.67. The molecule has 1 heterocycles. The highest BCUT2D eigenvalue weighted by atomic mass is 16.3. The van der Waals surface area contributed by atoms with Gasteiger partial charge in [-0.05, 0) is 78.8 Å². The zero-order valence-corrected chi connectivity index (χ0v) is 17.6. The van der Waals surface area contributed by atoms with Crippen molar-refractivity contribution < 1.29 is 9.90 Å². The number of aryl methyl sites for hydroxylation is 1. The fourth-order valence-electron chi connectivity index (χ4n) is 4.58. The molecule has 2 atom stereocenters. The Balaban J connectivity index is 1.52. The topological polar surface area (TPSA) is 76.4 Å². The molecule has 1 aliphatic heterocycles. The summed E-state index contributed by atoms with van der Waals surface area (Å²) in [6, 6.07) is 12.2. The van der Waals surface area contributed by atoms with Crippen molar-refractivity contribution in [3.05, 3.63) is 82.1 Å². The summed E-state index contributed by atoms with van der Waals surface area (Å²) in [5, 5.41) is 21.2. The van der Waals surface area contributed by atoms with Crippen molar-refractivity contribution in [2.45, 2.75) is 51.3 Å².